The smallest absolute Gasteiger partial charge is 0.181 e. The molecule has 61 heavy (non-hydrogen) atoms. The maximum Gasteiger partial charge on any atom is 0.181 e. The monoisotopic (exact) mass is 859 g/mol. The van der Waals surface area contributed by atoms with Gasteiger partial charge < -0.3 is 4.57 Å². The predicted octanol–water partition coefficient (Wildman–Crippen LogP) is 11.7. The molecule has 0 saturated heterocycles. The lowest BCUT2D eigenvalue weighted by Gasteiger charge is -2.44. The van der Waals surface area contributed by atoms with Crippen molar-refractivity contribution in [3.8, 4) is 5.69 Å². The quantitative estimate of drug-likeness (QED) is 0.120. The van der Waals surface area contributed by atoms with Crippen LogP contribution in [0.4, 0.5) is 0 Å². The summed E-state index contributed by atoms with van der Waals surface area (Å²) < 4.78 is 5.34. The van der Waals surface area contributed by atoms with E-state index in [1.54, 1.807) is 15.9 Å². The highest BCUT2D eigenvalue weighted by atomic mass is 32.1. The van der Waals surface area contributed by atoms with Crippen molar-refractivity contribution >= 4 is 109 Å². The number of hydrogen-bond donors (Lipinski definition) is 0. The van der Waals surface area contributed by atoms with Gasteiger partial charge in [0.05, 0.1) is 27.2 Å². The first-order valence-corrected chi connectivity index (χ1v) is 31.7. The predicted molar refractivity (Wildman–Crippen MR) is 276 cm³/mol. The van der Waals surface area contributed by atoms with Crippen LogP contribution in [0.15, 0.2) is 152 Å². The number of hydrogen-bond acceptors (Lipinski definition) is 1. The van der Waals surface area contributed by atoms with Crippen LogP contribution in [0.2, 0.25) is 38.3 Å². The molecule has 3 heterocycles. The molecule has 11 rings (SSSR count). The molecule has 0 spiro atoms. The molecular formula is C56H57NSSi3. The summed E-state index contributed by atoms with van der Waals surface area (Å²) in [5.41, 5.74) is 7.03. The summed E-state index contributed by atoms with van der Waals surface area (Å²) >= 11 is 2.01. The van der Waals surface area contributed by atoms with E-state index in [1.807, 2.05) is 11.3 Å². The molecule has 1 unspecified atom stereocenters. The molecule has 0 bridgehead atoms. The second kappa shape index (κ2) is 13.6. The van der Waals surface area contributed by atoms with Gasteiger partial charge in [0.2, 0.25) is 0 Å². The van der Waals surface area contributed by atoms with Crippen molar-refractivity contribution in [2.24, 2.45) is 0 Å². The van der Waals surface area contributed by atoms with Gasteiger partial charge in [-0.3, -0.25) is 0 Å². The fourth-order valence-electron chi connectivity index (χ4n) is 11.7. The lowest BCUT2D eigenvalue weighted by molar-refractivity contribution is 0.332. The van der Waals surface area contributed by atoms with Gasteiger partial charge >= 0.3 is 0 Å². The minimum Gasteiger partial charge on any atom is -0.309 e. The van der Waals surface area contributed by atoms with Gasteiger partial charge in [0.25, 0.3) is 0 Å². The highest BCUT2D eigenvalue weighted by Gasteiger charge is 2.48. The van der Waals surface area contributed by atoms with Gasteiger partial charge in [-0.25, -0.2) is 0 Å². The topological polar surface area (TPSA) is 4.93 Å². The molecule has 7 aromatic carbocycles. The van der Waals surface area contributed by atoms with E-state index in [9.17, 15) is 0 Å². The highest BCUT2D eigenvalue weighted by molar-refractivity contribution is 7.30. The van der Waals surface area contributed by atoms with Crippen LogP contribution in [-0.4, -0.2) is 28.8 Å². The molecule has 2 aliphatic rings. The maximum atomic E-state index is 2.81. The number of aromatic nitrogens is 1. The normalized spacial score (nSPS) is 18.6. The van der Waals surface area contributed by atoms with Crippen LogP contribution in [0.5, 0.6) is 0 Å². The van der Waals surface area contributed by atoms with E-state index in [0.717, 1.165) is 0 Å². The van der Waals surface area contributed by atoms with Crippen LogP contribution < -0.4 is 31.1 Å². The van der Waals surface area contributed by atoms with E-state index in [0.29, 0.717) is 0 Å². The summed E-state index contributed by atoms with van der Waals surface area (Å²) in [7, 11) is -6.42. The second-order valence-electron chi connectivity index (χ2n) is 21.0. The Balaban J connectivity index is 1.32. The van der Waals surface area contributed by atoms with Crippen molar-refractivity contribution < 1.29 is 0 Å². The number of fused-ring (bicyclic) bond motifs is 8. The van der Waals surface area contributed by atoms with E-state index in [2.05, 4.69) is 210 Å². The van der Waals surface area contributed by atoms with Gasteiger partial charge in [0.15, 0.2) is 8.07 Å². The summed E-state index contributed by atoms with van der Waals surface area (Å²) in [6.45, 7) is 20.5. The SMILES string of the molecule is CC1(C)CCC(C)(C)c2cc([Si](c3cccc(-n4c5ccccc5c5ccccc54)c3)(c3ccc4c(c3)[Si](C)(C)CC[Si]4(C)C)c3cccc4c3sc3ccccc34)ccc21. The van der Waals surface area contributed by atoms with E-state index in [4.69, 9.17) is 0 Å². The molecule has 0 amide bonds. The van der Waals surface area contributed by atoms with Gasteiger partial charge in [-0.05, 0) is 85.9 Å². The number of nitrogens with zero attached hydrogens (tertiary/aromatic N) is 1. The van der Waals surface area contributed by atoms with Gasteiger partial charge in [0.1, 0.15) is 0 Å². The Bertz CT molecular complexity index is 3100. The van der Waals surface area contributed by atoms with E-state index < -0.39 is 24.2 Å². The second-order valence-corrected chi connectivity index (χ2v) is 35.4. The van der Waals surface area contributed by atoms with Crippen LogP contribution in [0.3, 0.4) is 0 Å². The van der Waals surface area contributed by atoms with Crippen molar-refractivity contribution in [2.45, 2.75) is 89.6 Å². The Morgan fingerprint density at radius 2 is 1.05 bits per heavy atom. The molecule has 9 aromatic rings. The fraction of sp³-hybridized carbons (Fsp3) is 0.250. The van der Waals surface area contributed by atoms with Crippen molar-refractivity contribution in [2.75, 3.05) is 0 Å². The summed E-state index contributed by atoms with van der Waals surface area (Å²) in [4.78, 5) is 0. The van der Waals surface area contributed by atoms with Gasteiger partial charge in [0, 0.05) is 36.6 Å². The van der Waals surface area contributed by atoms with Crippen LogP contribution in [0, 0.1) is 0 Å². The minimum absolute atomic E-state index is 0.0792. The molecule has 5 heteroatoms. The first-order chi connectivity index (χ1) is 29.2. The van der Waals surface area contributed by atoms with E-state index in [-0.39, 0.29) is 10.8 Å². The van der Waals surface area contributed by atoms with E-state index >= 15 is 0 Å². The Morgan fingerprint density at radius 1 is 0.492 bits per heavy atom. The third-order valence-electron chi connectivity index (χ3n) is 15.5. The zero-order chi connectivity index (χ0) is 42.1. The van der Waals surface area contributed by atoms with Crippen LogP contribution in [0.25, 0.3) is 47.7 Å². The number of thiophene rings is 1. The molecule has 0 saturated carbocycles. The average molecular weight is 860 g/mol. The molecule has 1 aliphatic carbocycles. The summed E-state index contributed by atoms with van der Waals surface area (Å²) in [5.74, 6) is 0. The van der Waals surface area contributed by atoms with Crippen LogP contribution >= 0.6 is 11.3 Å². The first-order valence-electron chi connectivity index (χ1n) is 22.5. The summed E-state index contributed by atoms with van der Waals surface area (Å²) in [5, 5.41) is 14.8. The molecule has 0 N–H and O–H groups in total. The van der Waals surface area contributed by atoms with Crippen LogP contribution in [0.1, 0.15) is 51.7 Å². The summed E-state index contributed by atoms with van der Waals surface area (Å²) in [6, 6.07) is 63.1. The Labute approximate surface area is 369 Å². The number of benzene rings is 7. The summed E-state index contributed by atoms with van der Waals surface area (Å²) in [6.07, 6.45) is 2.40. The zero-order valence-corrected chi connectivity index (χ0v) is 40.9. The molecule has 2 aromatic heterocycles. The molecule has 1 aliphatic heterocycles. The molecular weight excluding hydrogens is 803 g/mol. The Hall–Kier alpha value is -4.79. The molecule has 304 valence electrons. The molecule has 1 atom stereocenters. The lowest BCUT2D eigenvalue weighted by Crippen LogP contribution is -2.76. The van der Waals surface area contributed by atoms with Crippen molar-refractivity contribution in [1.29, 1.82) is 0 Å². The maximum absolute atomic E-state index is 3.11. The lowest BCUT2D eigenvalue weighted by atomic mass is 9.63. The van der Waals surface area contributed by atoms with Gasteiger partial charge in [-0.1, -0.05) is 198 Å². The van der Waals surface area contributed by atoms with E-state index in [1.165, 1.54) is 98.9 Å². The largest absolute Gasteiger partial charge is 0.309 e. The molecule has 0 radical (unpaired) electrons. The van der Waals surface area contributed by atoms with Crippen molar-refractivity contribution in [3.63, 3.8) is 0 Å². The average Bonchev–Trinajstić information content (AvgIpc) is 3.81. The third-order valence-corrected chi connectivity index (χ3v) is 29.2. The fourth-order valence-corrected chi connectivity index (χ4v) is 28.7. The number of para-hydroxylation sites is 2. The molecule has 1 nitrogen and oxygen atoms in total. The van der Waals surface area contributed by atoms with Gasteiger partial charge in [-0.2, -0.15) is 0 Å². The highest BCUT2D eigenvalue weighted by Crippen LogP contribution is 2.46. The minimum atomic E-state index is -3.11. The third kappa shape index (κ3) is 5.80. The van der Waals surface area contributed by atoms with Crippen molar-refractivity contribution in [1.82, 2.24) is 4.57 Å². The Morgan fingerprint density at radius 3 is 1.77 bits per heavy atom. The van der Waals surface area contributed by atoms with Crippen LogP contribution in [-0.2, 0) is 10.8 Å². The number of rotatable bonds is 5. The first kappa shape index (κ1) is 39.1. The van der Waals surface area contributed by atoms with Crippen molar-refractivity contribution in [3.05, 3.63) is 163 Å². The Kier molecular flexibility index (Phi) is 8.72. The van der Waals surface area contributed by atoms with Gasteiger partial charge in [-0.15, -0.1) is 11.3 Å². The standard InChI is InChI=1S/C56H57NSSi3/c1-55(2)31-32-56(3,4)47-36-40(27-29-46(47)55)61(41-28-30-51-53(37-41)60(7,8)34-33-59(51,5)6,52-26-16-22-45-44-21-11-14-25-50(44)58-54(45)52)39-18-15-17-38(35-39)57-48-23-12-9-19-42(48)43-20-10-13-24-49(43)57/h9-30,35-37H,31-34H2,1-8H3. The molecule has 0 fully saturated rings. The zero-order valence-electron chi connectivity index (χ0n) is 37.1.